The van der Waals surface area contributed by atoms with Crippen LogP contribution >= 0.6 is 0 Å². The van der Waals surface area contributed by atoms with Crippen LogP contribution in [0.2, 0.25) is 0 Å². The number of alkyl halides is 3. The summed E-state index contributed by atoms with van der Waals surface area (Å²) < 4.78 is 42.9. The zero-order valence-electron chi connectivity index (χ0n) is 11.2. The van der Waals surface area contributed by atoms with Crippen molar-refractivity contribution in [1.29, 1.82) is 0 Å². The molecule has 112 valence electrons. The van der Waals surface area contributed by atoms with Gasteiger partial charge < -0.3 is 15.2 Å². The van der Waals surface area contributed by atoms with Crippen LogP contribution in [-0.4, -0.2) is 31.4 Å². The van der Waals surface area contributed by atoms with E-state index in [1.54, 1.807) is 0 Å². The van der Waals surface area contributed by atoms with E-state index in [0.29, 0.717) is 19.8 Å². The number of hydrogen-bond acceptors (Lipinski definition) is 3. The second-order valence-corrected chi connectivity index (χ2v) is 5.57. The quantitative estimate of drug-likeness (QED) is 0.874. The molecule has 1 atom stereocenters. The molecule has 0 aliphatic carbocycles. The van der Waals surface area contributed by atoms with Crippen molar-refractivity contribution in [3.63, 3.8) is 0 Å². The third kappa shape index (κ3) is 3.71. The van der Waals surface area contributed by atoms with Crippen molar-refractivity contribution in [2.45, 2.75) is 19.2 Å². The smallest absolute Gasteiger partial charge is 0.387 e. The van der Waals surface area contributed by atoms with Gasteiger partial charge in [-0.2, -0.15) is 13.2 Å². The van der Waals surface area contributed by atoms with Crippen LogP contribution in [0.1, 0.15) is 24.2 Å². The van der Waals surface area contributed by atoms with E-state index in [2.05, 4.69) is 12.2 Å². The molecule has 20 heavy (non-hydrogen) atoms. The molecule has 6 heteroatoms. The lowest BCUT2D eigenvalue weighted by atomic mass is 9.88. The number of hydrogen-bond donors (Lipinski definition) is 2. The molecular formula is C14H18F3NO2. The molecule has 0 aromatic heterocycles. The Morgan fingerprint density at radius 1 is 1.40 bits per heavy atom. The molecule has 2 N–H and O–H groups in total. The zero-order chi connectivity index (χ0) is 14.8. The van der Waals surface area contributed by atoms with Crippen LogP contribution in [0, 0.1) is 5.41 Å². The summed E-state index contributed by atoms with van der Waals surface area (Å²) in [5.41, 5.74) is -0.413. The highest BCUT2D eigenvalue weighted by molar-refractivity contribution is 5.27. The third-order valence-electron chi connectivity index (χ3n) is 3.39. The molecule has 1 saturated heterocycles. The van der Waals surface area contributed by atoms with E-state index < -0.39 is 17.8 Å². The highest BCUT2D eigenvalue weighted by Crippen LogP contribution is 2.30. The Kier molecular flexibility index (Phi) is 4.36. The lowest BCUT2D eigenvalue weighted by Crippen LogP contribution is -2.47. The number of rotatable bonds is 5. The molecule has 2 rings (SSSR count). The first-order valence-electron chi connectivity index (χ1n) is 6.44. The molecule has 1 heterocycles. The predicted octanol–water partition coefficient (Wildman–Crippen LogP) is 2.36. The number of nitrogens with one attached hydrogen (secondary N) is 1. The number of aliphatic hydroxyl groups excluding tert-OH is 1. The van der Waals surface area contributed by atoms with E-state index in [1.807, 2.05) is 0 Å². The molecule has 0 radical (unpaired) electrons. The van der Waals surface area contributed by atoms with Gasteiger partial charge in [0.2, 0.25) is 0 Å². The summed E-state index contributed by atoms with van der Waals surface area (Å²) in [7, 11) is 0. The largest absolute Gasteiger partial charge is 0.416 e. The fraction of sp³-hybridized carbons (Fsp3) is 0.571. The van der Waals surface area contributed by atoms with E-state index in [4.69, 9.17) is 4.74 Å². The SMILES string of the molecule is CC1(CNCC(O)c2cccc(C(F)(F)F)c2)COC1. The standard InChI is InChI=1S/C14H18F3NO2/c1-13(8-20-9-13)7-18-6-12(19)10-3-2-4-11(5-10)14(15,16)17/h2-5,12,18-19H,6-9H2,1H3. The van der Waals surface area contributed by atoms with Gasteiger partial charge in [0.25, 0.3) is 0 Å². The second-order valence-electron chi connectivity index (χ2n) is 5.57. The van der Waals surface area contributed by atoms with Gasteiger partial charge in [-0.3, -0.25) is 0 Å². The summed E-state index contributed by atoms with van der Waals surface area (Å²) in [5, 5.41) is 13.0. The van der Waals surface area contributed by atoms with Gasteiger partial charge in [0, 0.05) is 18.5 Å². The number of ether oxygens (including phenoxy) is 1. The monoisotopic (exact) mass is 289 g/mol. The Morgan fingerprint density at radius 3 is 2.65 bits per heavy atom. The van der Waals surface area contributed by atoms with Crippen LogP contribution < -0.4 is 5.32 Å². The van der Waals surface area contributed by atoms with Crippen molar-refractivity contribution in [3.05, 3.63) is 35.4 Å². The van der Waals surface area contributed by atoms with Crippen molar-refractivity contribution in [2.24, 2.45) is 5.41 Å². The van der Waals surface area contributed by atoms with Gasteiger partial charge in [-0.05, 0) is 17.7 Å². The Hall–Kier alpha value is -1.11. The normalized spacial score (nSPS) is 19.4. The van der Waals surface area contributed by atoms with Crippen molar-refractivity contribution in [2.75, 3.05) is 26.3 Å². The molecule has 1 aromatic rings. The highest BCUT2D eigenvalue weighted by atomic mass is 19.4. The van der Waals surface area contributed by atoms with Gasteiger partial charge in [-0.15, -0.1) is 0 Å². The van der Waals surface area contributed by atoms with Crippen molar-refractivity contribution < 1.29 is 23.0 Å². The van der Waals surface area contributed by atoms with Crippen LogP contribution in [0.15, 0.2) is 24.3 Å². The van der Waals surface area contributed by atoms with Crippen LogP contribution in [0.3, 0.4) is 0 Å². The Bertz CT molecular complexity index is 458. The first-order valence-corrected chi connectivity index (χ1v) is 6.44. The van der Waals surface area contributed by atoms with Crippen LogP contribution in [0.25, 0.3) is 0 Å². The molecular weight excluding hydrogens is 271 g/mol. The molecule has 1 fully saturated rings. The van der Waals surface area contributed by atoms with Gasteiger partial charge in [0.15, 0.2) is 0 Å². The molecule has 1 aromatic carbocycles. The minimum Gasteiger partial charge on any atom is -0.387 e. The molecule has 0 bridgehead atoms. The Morgan fingerprint density at radius 2 is 2.10 bits per heavy atom. The average Bonchev–Trinajstić information content (AvgIpc) is 2.36. The van der Waals surface area contributed by atoms with Gasteiger partial charge in [-0.25, -0.2) is 0 Å². The summed E-state index contributed by atoms with van der Waals surface area (Å²) >= 11 is 0. The van der Waals surface area contributed by atoms with E-state index in [0.717, 1.165) is 12.1 Å². The number of halogens is 3. The van der Waals surface area contributed by atoms with Crippen LogP contribution in [-0.2, 0) is 10.9 Å². The number of aliphatic hydroxyl groups is 1. The lowest BCUT2D eigenvalue weighted by molar-refractivity contribution is -0.137. The van der Waals surface area contributed by atoms with E-state index in [9.17, 15) is 18.3 Å². The summed E-state index contributed by atoms with van der Waals surface area (Å²) in [4.78, 5) is 0. The summed E-state index contributed by atoms with van der Waals surface area (Å²) in [6.45, 7) is 4.28. The molecule has 0 saturated carbocycles. The molecule has 3 nitrogen and oxygen atoms in total. The molecule has 0 spiro atoms. The van der Waals surface area contributed by atoms with Gasteiger partial charge in [0.1, 0.15) is 0 Å². The highest BCUT2D eigenvalue weighted by Gasteiger charge is 2.33. The minimum absolute atomic E-state index is 0.0630. The maximum Gasteiger partial charge on any atom is 0.416 e. The van der Waals surface area contributed by atoms with Crippen LogP contribution in [0.4, 0.5) is 13.2 Å². The summed E-state index contributed by atoms with van der Waals surface area (Å²) in [5.74, 6) is 0. The molecule has 1 aliphatic rings. The maximum atomic E-state index is 12.6. The second kappa shape index (κ2) is 5.71. The Labute approximate surface area is 115 Å². The fourth-order valence-corrected chi connectivity index (χ4v) is 2.10. The Balaban J connectivity index is 1.90. The van der Waals surface area contributed by atoms with Crippen LogP contribution in [0.5, 0.6) is 0 Å². The van der Waals surface area contributed by atoms with Gasteiger partial charge in [-0.1, -0.05) is 19.1 Å². The van der Waals surface area contributed by atoms with E-state index in [1.165, 1.54) is 12.1 Å². The maximum absolute atomic E-state index is 12.6. The first-order chi connectivity index (χ1) is 9.30. The van der Waals surface area contributed by atoms with Gasteiger partial charge >= 0.3 is 6.18 Å². The third-order valence-corrected chi connectivity index (χ3v) is 3.39. The van der Waals surface area contributed by atoms with Gasteiger partial charge in [0.05, 0.1) is 24.9 Å². The van der Waals surface area contributed by atoms with Crippen molar-refractivity contribution in [1.82, 2.24) is 5.32 Å². The predicted molar refractivity (Wildman–Crippen MR) is 68.2 cm³/mol. The number of benzene rings is 1. The summed E-state index contributed by atoms with van der Waals surface area (Å²) in [6.07, 6.45) is -5.35. The zero-order valence-corrected chi connectivity index (χ0v) is 11.2. The molecule has 1 aliphatic heterocycles. The lowest BCUT2D eigenvalue weighted by Gasteiger charge is -2.38. The van der Waals surface area contributed by atoms with E-state index in [-0.39, 0.29) is 17.5 Å². The minimum atomic E-state index is -4.39. The topological polar surface area (TPSA) is 41.5 Å². The average molecular weight is 289 g/mol. The first kappa shape index (κ1) is 15.3. The fourth-order valence-electron chi connectivity index (χ4n) is 2.10. The molecule has 0 amide bonds. The van der Waals surface area contributed by atoms with E-state index >= 15 is 0 Å². The van der Waals surface area contributed by atoms with Crippen molar-refractivity contribution >= 4 is 0 Å². The molecule has 1 unspecified atom stereocenters. The van der Waals surface area contributed by atoms with Crippen molar-refractivity contribution in [3.8, 4) is 0 Å². The summed E-state index contributed by atoms with van der Waals surface area (Å²) in [6, 6.07) is 4.79.